The lowest BCUT2D eigenvalue weighted by atomic mass is 10.4. The molecule has 0 aliphatic heterocycles. The van der Waals surface area contributed by atoms with Crippen molar-refractivity contribution in [1.82, 2.24) is 4.98 Å². The molecule has 0 aromatic carbocycles. The number of anilines is 2. The van der Waals surface area contributed by atoms with Crippen LogP contribution in [0.25, 0.3) is 0 Å². The molecule has 1 aliphatic rings. The van der Waals surface area contributed by atoms with Gasteiger partial charge in [-0.2, -0.15) is 0 Å². The lowest BCUT2D eigenvalue weighted by Crippen LogP contribution is -2.05. The van der Waals surface area contributed by atoms with E-state index < -0.39 is 0 Å². The van der Waals surface area contributed by atoms with Gasteiger partial charge in [-0.05, 0) is 40.8 Å². The lowest BCUT2D eigenvalue weighted by Gasteiger charge is -2.06. The summed E-state index contributed by atoms with van der Waals surface area (Å²) in [5.74, 6) is 1.74. The van der Waals surface area contributed by atoms with Gasteiger partial charge in [0.15, 0.2) is 0 Å². The Morgan fingerprint density at radius 1 is 1.62 bits per heavy atom. The summed E-state index contributed by atoms with van der Waals surface area (Å²) in [6.07, 6.45) is 4.36. The van der Waals surface area contributed by atoms with E-state index in [2.05, 4.69) is 26.2 Å². The molecule has 0 radical (unpaired) electrons. The molecule has 1 fully saturated rings. The molecule has 1 aromatic rings. The zero-order valence-electron chi connectivity index (χ0n) is 7.26. The van der Waals surface area contributed by atoms with Crippen molar-refractivity contribution in [2.75, 3.05) is 17.6 Å². The molecule has 0 atom stereocenters. The van der Waals surface area contributed by atoms with Crippen LogP contribution >= 0.6 is 15.9 Å². The molecule has 70 valence electrons. The maximum atomic E-state index is 5.58. The van der Waals surface area contributed by atoms with Crippen LogP contribution in [0.1, 0.15) is 12.8 Å². The Kier molecular flexibility index (Phi) is 2.40. The fraction of sp³-hybridized carbons (Fsp3) is 0.444. The van der Waals surface area contributed by atoms with E-state index in [1.807, 2.05) is 6.07 Å². The molecular weight excluding hydrogens is 230 g/mol. The molecule has 2 rings (SSSR count). The van der Waals surface area contributed by atoms with Gasteiger partial charge < -0.3 is 11.1 Å². The summed E-state index contributed by atoms with van der Waals surface area (Å²) in [5, 5.41) is 3.29. The maximum absolute atomic E-state index is 5.58. The number of aromatic nitrogens is 1. The third-order valence-electron chi connectivity index (χ3n) is 2.12. The highest BCUT2D eigenvalue weighted by atomic mass is 79.9. The summed E-state index contributed by atoms with van der Waals surface area (Å²) in [4.78, 5) is 4.19. The number of nitrogens with zero attached hydrogens (tertiary/aromatic N) is 1. The van der Waals surface area contributed by atoms with Crippen molar-refractivity contribution in [2.45, 2.75) is 12.8 Å². The van der Waals surface area contributed by atoms with Gasteiger partial charge in [-0.3, -0.25) is 0 Å². The molecule has 13 heavy (non-hydrogen) atoms. The minimum Gasteiger partial charge on any atom is -0.397 e. The maximum Gasteiger partial charge on any atom is 0.140 e. The van der Waals surface area contributed by atoms with Gasteiger partial charge in [-0.1, -0.05) is 0 Å². The van der Waals surface area contributed by atoms with Gasteiger partial charge in [0.05, 0.1) is 16.4 Å². The summed E-state index contributed by atoms with van der Waals surface area (Å²) in [6, 6.07) is 1.86. The molecule has 0 unspecified atom stereocenters. The third kappa shape index (κ3) is 2.34. The van der Waals surface area contributed by atoms with Gasteiger partial charge in [-0.25, -0.2) is 4.98 Å². The Hall–Kier alpha value is -0.770. The molecule has 0 amide bonds. The largest absolute Gasteiger partial charge is 0.397 e. The standard InChI is InChI=1S/C9H12BrN3/c10-8-3-7(11)5-13-9(8)12-4-6-1-2-6/h3,5-6H,1-2,4,11H2,(H,12,13). The SMILES string of the molecule is Nc1cnc(NCC2CC2)c(Br)c1. The van der Waals surface area contributed by atoms with Gasteiger partial charge in [0.2, 0.25) is 0 Å². The predicted molar refractivity (Wildman–Crippen MR) is 57.6 cm³/mol. The fourth-order valence-corrected chi connectivity index (χ4v) is 1.65. The highest BCUT2D eigenvalue weighted by Gasteiger charge is 2.20. The lowest BCUT2D eigenvalue weighted by molar-refractivity contribution is 0.882. The van der Waals surface area contributed by atoms with E-state index >= 15 is 0 Å². The normalized spacial score (nSPS) is 15.8. The van der Waals surface area contributed by atoms with Crippen LogP contribution in [0.3, 0.4) is 0 Å². The molecular formula is C9H12BrN3. The number of nitrogen functional groups attached to an aromatic ring is 1. The second-order valence-corrected chi connectivity index (χ2v) is 4.28. The minimum atomic E-state index is 0.684. The predicted octanol–water partition coefficient (Wildman–Crippen LogP) is 2.25. The summed E-state index contributed by atoms with van der Waals surface area (Å²) < 4.78 is 0.938. The van der Waals surface area contributed by atoms with Crippen LogP contribution in [0.5, 0.6) is 0 Å². The molecule has 0 bridgehead atoms. The van der Waals surface area contributed by atoms with Gasteiger partial charge in [0, 0.05) is 6.54 Å². The van der Waals surface area contributed by atoms with Crippen molar-refractivity contribution in [3.63, 3.8) is 0 Å². The van der Waals surface area contributed by atoms with Crippen molar-refractivity contribution >= 4 is 27.4 Å². The molecule has 1 saturated carbocycles. The summed E-state index contributed by atoms with van der Waals surface area (Å²) >= 11 is 3.41. The molecule has 1 aromatic heterocycles. The molecule has 3 N–H and O–H groups in total. The first kappa shape index (κ1) is 8.81. The van der Waals surface area contributed by atoms with E-state index in [4.69, 9.17) is 5.73 Å². The minimum absolute atomic E-state index is 0.684. The number of nitrogens with two attached hydrogens (primary N) is 1. The first-order valence-corrected chi connectivity index (χ1v) is 5.20. The van der Waals surface area contributed by atoms with Gasteiger partial charge in [0.25, 0.3) is 0 Å². The first-order valence-electron chi connectivity index (χ1n) is 4.40. The topological polar surface area (TPSA) is 50.9 Å². The van der Waals surface area contributed by atoms with Crippen LogP contribution in [0.4, 0.5) is 11.5 Å². The Labute approximate surface area is 85.9 Å². The van der Waals surface area contributed by atoms with Gasteiger partial charge in [-0.15, -0.1) is 0 Å². The van der Waals surface area contributed by atoms with Crippen LogP contribution in [-0.2, 0) is 0 Å². The Morgan fingerprint density at radius 3 is 3.00 bits per heavy atom. The average molecular weight is 242 g/mol. The number of halogens is 1. The Balaban J connectivity index is 2.01. The first-order chi connectivity index (χ1) is 6.25. The number of pyridine rings is 1. The Bertz CT molecular complexity index is 310. The molecule has 1 aliphatic carbocycles. The summed E-state index contributed by atoms with van der Waals surface area (Å²) in [5.41, 5.74) is 6.26. The van der Waals surface area contributed by atoms with E-state index in [0.29, 0.717) is 5.69 Å². The number of hydrogen-bond acceptors (Lipinski definition) is 3. The highest BCUT2D eigenvalue weighted by molar-refractivity contribution is 9.10. The molecule has 0 spiro atoms. The van der Waals surface area contributed by atoms with Crippen molar-refractivity contribution in [3.05, 3.63) is 16.7 Å². The van der Waals surface area contributed by atoms with Crippen molar-refractivity contribution in [2.24, 2.45) is 5.92 Å². The van der Waals surface area contributed by atoms with E-state index in [1.54, 1.807) is 6.20 Å². The fourth-order valence-electron chi connectivity index (χ4n) is 1.15. The van der Waals surface area contributed by atoms with Crippen LogP contribution in [-0.4, -0.2) is 11.5 Å². The summed E-state index contributed by atoms with van der Waals surface area (Å²) in [7, 11) is 0. The van der Waals surface area contributed by atoms with Crippen LogP contribution in [0, 0.1) is 5.92 Å². The second-order valence-electron chi connectivity index (χ2n) is 3.42. The smallest absolute Gasteiger partial charge is 0.140 e. The summed E-state index contributed by atoms with van der Waals surface area (Å²) in [6.45, 7) is 1.02. The zero-order valence-corrected chi connectivity index (χ0v) is 8.84. The van der Waals surface area contributed by atoms with E-state index in [-0.39, 0.29) is 0 Å². The van der Waals surface area contributed by atoms with E-state index in [9.17, 15) is 0 Å². The zero-order chi connectivity index (χ0) is 9.26. The van der Waals surface area contributed by atoms with E-state index in [1.165, 1.54) is 12.8 Å². The van der Waals surface area contributed by atoms with E-state index in [0.717, 1.165) is 22.8 Å². The van der Waals surface area contributed by atoms with Crippen molar-refractivity contribution in [1.29, 1.82) is 0 Å². The van der Waals surface area contributed by atoms with Crippen molar-refractivity contribution < 1.29 is 0 Å². The third-order valence-corrected chi connectivity index (χ3v) is 2.72. The number of hydrogen-bond donors (Lipinski definition) is 2. The van der Waals surface area contributed by atoms with Crippen LogP contribution in [0.15, 0.2) is 16.7 Å². The quantitative estimate of drug-likeness (QED) is 0.854. The average Bonchev–Trinajstić information content (AvgIpc) is 2.86. The number of rotatable bonds is 3. The van der Waals surface area contributed by atoms with Gasteiger partial charge >= 0.3 is 0 Å². The van der Waals surface area contributed by atoms with Crippen molar-refractivity contribution in [3.8, 4) is 0 Å². The molecule has 1 heterocycles. The number of nitrogens with one attached hydrogen (secondary N) is 1. The molecule has 4 heteroatoms. The van der Waals surface area contributed by atoms with Crippen LogP contribution < -0.4 is 11.1 Å². The van der Waals surface area contributed by atoms with Crippen LogP contribution in [0.2, 0.25) is 0 Å². The molecule has 0 saturated heterocycles. The highest BCUT2D eigenvalue weighted by Crippen LogP contribution is 2.30. The van der Waals surface area contributed by atoms with Gasteiger partial charge in [0.1, 0.15) is 5.82 Å². The monoisotopic (exact) mass is 241 g/mol. The Morgan fingerprint density at radius 2 is 2.38 bits per heavy atom. The second kappa shape index (κ2) is 3.54. The molecule has 3 nitrogen and oxygen atoms in total.